The van der Waals surface area contributed by atoms with Gasteiger partial charge in [0.25, 0.3) is 0 Å². The number of hydrogen-bond donors (Lipinski definition) is 3. The molecular weight excluding hydrogens is 436 g/mol. The van der Waals surface area contributed by atoms with Crippen LogP contribution in [0.25, 0.3) is 0 Å². The fraction of sp³-hybridized carbons (Fsp3) is 0.846. The molecule has 0 bridgehead atoms. The average Bonchev–Trinajstić information content (AvgIpc) is 3.27. The summed E-state index contributed by atoms with van der Waals surface area (Å²) in [4.78, 5) is 23.6. The molecule has 8 heteroatoms. The van der Waals surface area contributed by atoms with Crippen LogP contribution in [0.2, 0.25) is 0 Å². The molecule has 9 atom stereocenters. The van der Waals surface area contributed by atoms with Gasteiger partial charge < -0.3 is 30.4 Å². The van der Waals surface area contributed by atoms with E-state index in [0.717, 1.165) is 56.9 Å². The van der Waals surface area contributed by atoms with Crippen LogP contribution < -0.4 is 11.1 Å². The topological polar surface area (TPSA) is 123 Å². The van der Waals surface area contributed by atoms with Crippen LogP contribution in [0.1, 0.15) is 58.3 Å². The van der Waals surface area contributed by atoms with E-state index in [1.807, 2.05) is 0 Å². The Morgan fingerprint density at radius 1 is 1.24 bits per heavy atom. The zero-order valence-electron chi connectivity index (χ0n) is 20.1. The molecule has 4 aliphatic carbocycles. The third kappa shape index (κ3) is 3.18. The monoisotopic (exact) mass is 474 g/mol. The summed E-state index contributed by atoms with van der Waals surface area (Å²) >= 11 is 0. The second kappa shape index (κ2) is 8.02. The molecule has 6 aliphatic rings. The quantitative estimate of drug-likeness (QED) is 0.393. The molecule has 1 saturated heterocycles. The highest BCUT2D eigenvalue weighted by Gasteiger charge is 2.81. The number of epoxide rings is 1. The van der Waals surface area contributed by atoms with E-state index in [1.54, 1.807) is 6.08 Å². The molecule has 0 aromatic rings. The lowest BCUT2D eigenvalue weighted by molar-refractivity contribution is -0.171. The van der Waals surface area contributed by atoms with E-state index in [2.05, 4.69) is 12.2 Å². The summed E-state index contributed by atoms with van der Waals surface area (Å²) in [6.45, 7) is 3.78. The van der Waals surface area contributed by atoms with Crippen molar-refractivity contribution < 1.29 is 28.9 Å². The van der Waals surface area contributed by atoms with E-state index < -0.39 is 11.2 Å². The van der Waals surface area contributed by atoms with Crippen molar-refractivity contribution in [3.8, 4) is 0 Å². The van der Waals surface area contributed by atoms with Crippen LogP contribution in [0, 0.1) is 29.1 Å². The SMILES string of the molecule is C[C@]12CC[C@H](OCC(=O)NCCN)CC1CCC1C2CC2O[C@]23[C@@H](C2=CC(=O)OC2)CC[C@]13O. The normalized spacial score (nSPS) is 48.7. The smallest absolute Gasteiger partial charge is 0.331 e. The number of fused-ring (bicyclic) bond motifs is 4. The van der Waals surface area contributed by atoms with Crippen LogP contribution in [-0.4, -0.2) is 66.7 Å². The van der Waals surface area contributed by atoms with Gasteiger partial charge in [0.1, 0.15) is 18.8 Å². The molecule has 8 nitrogen and oxygen atoms in total. The van der Waals surface area contributed by atoms with E-state index in [4.69, 9.17) is 19.9 Å². The van der Waals surface area contributed by atoms with Gasteiger partial charge in [-0.05, 0) is 80.1 Å². The van der Waals surface area contributed by atoms with Crippen LogP contribution in [-0.2, 0) is 23.8 Å². The number of hydrogen-bond acceptors (Lipinski definition) is 7. The Kier molecular flexibility index (Phi) is 5.41. The molecule has 34 heavy (non-hydrogen) atoms. The first-order valence-corrected chi connectivity index (χ1v) is 13.2. The number of ether oxygens (including phenoxy) is 3. The summed E-state index contributed by atoms with van der Waals surface area (Å²) in [5.41, 5.74) is 5.28. The number of aliphatic hydroxyl groups is 1. The molecular formula is C26H38N2O6. The third-order valence-corrected chi connectivity index (χ3v) is 10.5. The van der Waals surface area contributed by atoms with E-state index in [0.29, 0.717) is 31.5 Å². The molecule has 4 unspecified atom stereocenters. The van der Waals surface area contributed by atoms with Gasteiger partial charge in [0, 0.05) is 25.1 Å². The lowest BCUT2D eigenvalue weighted by Gasteiger charge is -2.60. The van der Waals surface area contributed by atoms with Gasteiger partial charge in [-0.15, -0.1) is 0 Å². The van der Waals surface area contributed by atoms with Gasteiger partial charge in [0.05, 0.1) is 17.8 Å². The van der Waals surface area contributed by atoms with Crippen LogP contribution in [0.4, 0.5) is 0 Å². The molecule has 2 aliphatic heterocycles. The molecule has 0 aromatic heterocycles. The number of esters is 1. The minimum atomic E-state index is -0.819. The fourth-order valence-electron chi connectivity index (χ4n) is 8.92. The Hall–Kier alpha value is -1.48. The largest absolute Gasteiger partial charge is 0.458 e. The van der Waals surface area contributed by atoms with Crippen LogP contribution in [0.15, 0.2) is 11.6 Å². The highest BCUT2D eigenvalue weighted by molar-refractivity contribution is 5.85. The molecule has 5 fully saturated rings. The maximum atomic E-state index is 12.2. The fourth-order valence-corrected chi connectivity index (χ4v) is 8.92. The van der Waals surface area contributed by atoms with E-state index in [-0.39, 0.29) is 47.9 Å². The van der Waals surface area contributed by atoms with Crippen molar-refractivity contribution in [2.24, 2.45) is 34.8 Å². The number of nitrogens with two attached hydrogens (primary N) is 1. The van der Waals surface area contributed by atoms with Gasteiger partial charge in [-0.3, -0.25) is 4.79 Å². The Morgan fingerprint density at radius 2 is 2.09 bits per heavy atom. The molecule has 4 N–H and O–H groups in total. The van der Waals surface area contributed by atoms with Crippen molar-refractivity contribution in [3.05, 3.63) is 11.6 Å². The first-order valence-electron chi connectivity index (χ1n) is 13.2. The average molecular weight is 475 g/mol. The summed E-state index contributed by atoms with van der Waals surface area (Å²) in [5, 5.41) is 15.0. The van der Waals surface area contributed by atoms with E-state index in [9.17, 15) is 14.7 Å². The minimum Gasteiger partial charge on any atom is -0.458 e. The Bertz CT molecular complexity index is 908. The van der Waals surface area contributed by atoms with Gasteiger partial charge in [-0.1, -0.05) is 6.92 Å². The van der Waals surface area contributed by atoms with Crippen molar-refractivity contribution in [2.45, 2.75) is 81.7 Å². The zero-order valence-corrected chi connectivity index (χ0v) is 20.1. The van der Waals surface area contributed by atoms with Crippen molar-refractivity contribution in [1.29, 1.82) is 0 Å². The van der Waals surface area contributed by atoms with Crippen LogP contribution in [0.5, 0.6) is 0 Å². The lowest BCUT2D eigenvalue weighted by atomic mass is 9.45. The van der Waals surface area contributed by atoms with Crippen molar-refractivity contribution in [2.75, 3.05) is 26.3 Å². The Balaban J connectivity index is 1.16. The van der Waals surface area contributed by atoms with Crippen LogP contribution >= 0.6 is 0 Å². The van der Waals surface area contributed by atoms with Crippen LogP contribution in [0.3, 0.4) is 0 Å². The predicted octanol–water partition coefficient (Wildman–Crippen LogP) is 1.44. The summed E-state index contributed by atoms with van der Waals surface area (Å²) < 4.78 is 17.6. The van der Waals surface area contributed by atoms with Gasteiger partial charge >= 0.3 is 5.97 Å². The van der Waals surface area contributed by atoms with Gasteiger partial charge in [-0.25, -0.2) is 4.79 Å². The number of carbonyl (C=O) groups is 2. The number of rotatable bonds is 6. The Morgan fingerprint density at radius 3 is 2.85 bits per heavy atom. The molecule has 1 amide bonds. The highest BCUT2D eigenvalue weighted by atomic mass is 16.6. The molecule has 2 heterocycles. The predicted molar refractivity (Wildman–Crippen MR) is 122 cm³/mol. The molecule has 188 valence electrons. The summed E-state index contributed by atoms with van der Waals surface area (Å²) in [6.07, 6.45) is 9.48. The van der Waals surface area contributed by atoms with E-state index >= 15 is 0 Å². The van der Waals surface area contributed by atoms with Crippen molar-refractivity contribution in [3.63, 3.8) is 0 Å². The van der Waals surface area contributed by atoms with E-state index in [1.165, 1.54) is 0 Å². The number of nitrogens with one attached hydrogen (secondary N) is 1. The van der Waals surface area contributed by atoms with Gasteiger partial charge in [0.2, 0.25) is 5.91 Å². The van der Waals surface area contributed by atoms with Crippen molar-refractivity contribution >= 4 is 11.9 Å². The maximum Gasteiger partial charge on any atom is 0.331 e. The summed E-state index contributed by atoms with van der Waals surface area (Å²) in [6, 6.07) is 0. The Labute approximate surface area is 200 Å². The number of cyclic esters (lactones) is 1. The number of amides is 1. The highest BCUT2D eigenvalue weighted by Crippen LogP contribution is 2.73. The summed E-state index contributed by atoms with van der Waals surface area (Å²) in [5.74, 6) is 0.928. The molecule has 0 aromatic carbocycles. The minimum absolute atomic E-state index is 0.0682. The second-order valence-corrected chi connectivity index (χ2v) is 11.8. The third-order valence-electron chi connectivity index (χ3n) is 10.5. The number of carbonyl (C=O) groups excluding carboxylic acids is 2. The zero-order chi connectivity index (χ0) is 23.7. The summed E-state index contributed by atoms with van der Waals surface area (Å²) in [7, 11) is 0. The lowest BCUT2D eigenvalue weighted by Crippen LogP contribution is -2.62. The van der Waals surface area contributed by atoms with Gasteiger partial charge in [0.15, 0.2) is 0 Å². The second-order valence-electron chi connectivity index (χ2n) is 11.8. The standard InChI is InChI=1S/C26H38N2O6/c1-24-6-4-17(32-14-22(29)28-9-8-27)11-16(24)2-3-19-20(24)12-21-26(34-21)18(5-7-25(19,26)31)15-10-23(30)33-13-15/h10,16-21,31H,2-9,11-14,27H2,1H3,(H,28,29)/t16?,17-,18+,19?,20?,21?,24-,25-,26+/m0/s1. The molecule has 4 saturated carbocycles. The first-order chi connectivity index (χ1) is 16.3. The molecule has 0 radical (unpaired) electrons. The first kappa shape index (κ1) is 23.0. The molecule has 1 spiro atoms. The maximum absolute atomic E-state index is 12.2. The van der Waals surface area contributed by atoms with Gasteiger partial charge in [-0.2, -0.15) is 0 Å². The molecule has 6 rings (SSSR count). The van der Waals surface area contributed by atoms with Crippen molar-refractivity contribution in [1.82, 2.24) is 5.32 Å².